The monoisotopic (exact) mass is 253 g/mol. The third-order valence-electron chi connectivity index (χ3n) is 3.28. The number of piperidine rings is 1. The van der Waals surface area contributed by atoms with E-state index in [1.54, 1.807) is 13.8 Å². The smallest absolute Gasteiger partial charge is 0.401 e. The largest absolute Gasteiger partial charge is 0.469 e. The van der Waals surface area contributed by atoms with E-state index in [2.05, 4.69) is 4.74 Å². The summed E-state index contributed by atoms with van der Waals surface area (Å²) in [5, 5.41) is 0. The van der Waals surface area contributed by atoms with Crippen molar-refractivity contribution in [1.29, 1.82) is 0 Å². The number of ether oxygens (including phenoxy) is 1. The van der Waals surface area contributed by atoms with Crippen LogP contribution in [0.1, 0.15) is 26.7 Å². The molecule has 1 rings (SSSR count). The number of esters is 1. The van der Waals surface area contributed by atoms with Gasteiger partial charge in [0.15, 0.2) is 0 Å². The molecule has 0 saturated carbocycles. The molecule has 6 heteroatoms. The van der Waals surface area contributed by atoms with Crippen LogP contribution in [0.5, 0.6) is 0 Å². The van der Waals surface area contributed by atoms with Gasteiger partial charge in [-0.2, -0.15) is 13.2 Å². The van der Waals surface area contributed by atoms with Crippen LogP contribution in [0.4, 0.5) is 13.2 Å². The fourth-order valence-electron chi connectivity index (χ4n) is 2.50. The number of carbonyl (C=O) groups is 1. The van der Waals surface area contributed by atoms with Crippen LogP contribution in [0.15, 0.2) is 0 Å². The summed E-state index contributed by atoms with van der Waals surface area (Å²) in [6.45, 7) is 2.53. The summed E-state index contributed by atoms with van der Waals surface area (Å²) in [6, 6.07) is -0.519. The van der Waals surface area contributed by atoms with Gasteiger partial charge in [0.2, 0.25) is 0 Å². The third kappa shape index (κ3) is 3.87. The number of alkyl halides is 3. The number of carbonyl (C=O) groups excluding carboxylic acids is 1. The Morgan fingerprint density at radius 1 is 1.29 bits per heavy atom. The first kappa shape index (κ1) is 14.3. The van der Waals surface area contributed by atoms with Crippen molar-refractivity contribution < 1.29 is 22.7 Å². The highest BCUT2D eigenvalue weighted by Crippen LogP contribution is 2.31. The molecule has 0 aromatic heterocycles. The van der Waals surface area contributed by atoms with Crippen LogP contribution in [0.3, 0.4) is 0 Å². The summed E-state index contributed by atoms with van der Waals surface area (Å²) in [7, 11) is 1.31. The summed E-state index contributed by atoms with van der Waals surface area (Å²) in [5.41, 5.74) is 0. The number of rotatable bonds is 2. The lowest BCUT2D eigenvalue weighted by Crippen LogP contribution is -2.51. The highest BCUT2D eigenvalue weighted by molar-refractivity contribution is 5.72. The molecule has 0 radical (unpaired) electrons. The number of halogens is 3. The second-order valence-electron chi connectivity index (χ2n) is 4.68. The molecule has 1 heterocycles. The Labute approximate surface area is 98.9 Å². The van der Waals surface area contributed by atoms with E-state index in [0.717, 1.165) is 0 Å². The standard InChI is InChI=1S/C11H18F3NO2/c1-7-4-9(10(16)17-3)5-8(2)15(7)6-11(12,13)14/h7-9H,4-6H2,1-3H3. The maximum Gasteiger partial charge on any atom is 0.401 e. The van der Waals surface area contributed by atoms with Crippen molar-refractivity contribution in [3.63, 3.8) is 0 Å². The average molecular weight is 253 g/mol. The predicted molar refractivity (Wildman–Crippen MR) is 56.4 cm³/mol. The highest BCUT2D eigenvalue weighted by atomic mass is 19.4. The molecule has 0 amide bonds. The number of methoxy groups -OCH3 is 1. The van der Waals surface area contributed by atoms with Gasteiger partial charge in [0, 0.05) is 12.1 Å². The van der Waals surface area contributed by atoms with Crippen molar-refractivity contribution in [3.05, 3.63) is 0 Å². The zero-order valence-electron chi connectivity index (χ0n) is 10.3. The Hall–Kier alpha value is -0.780. The van der Waals surface area contributed by atoms with Crippen LogP contribution in [0.25, 0.3) is 0 Å². The fourth-order valence-corrected chi connectivity index (χ4v) is 2.50. The Kier molecular flexibility index (Phi) is 4.41. The third-order valence-corrected chi connectivity index (χ3v) is 3.28. The lowest BCUT2D eigenvalue weighted by molar-refractivity contribution is -0.165. The van der Waals surface area contributed by atoms with E-state index in [-0.39, 0.29) is 24.0 Å². The molecular weight excluding hydrogens is 235 g/mol. The molecule has 0 aromatic carbocycles. The topological polar surface area (TPSA) is 29.5 Å². The number of hydrogen-bond donors (Lipinski definition) is 0. The number of nitrogens with zero attached hydrogens (tertiary/aromatic N) is 1. The summed E-state index contributed by atoms with van der Waals surface area (Å²) in [4.78, 5) is 12.8. The molecule has 2 unspecified atom stereocenters. The predicted octanol–water partition coefficient (Wildman–Crippen LogP) is 2.21. The molecule has 17 heavy (non-hydrogen) atoms. The quantitative estimate of drug-likeness (QED) is 0.707. The van der Waals surface area contributed by atoms with Crippen molar-refractivity contribution in [3.8, 4) is 0 Å². The molecule has 100 valence electrons. The van der Waals surface area contributed by atoms with Crippen LogP contribution in [-0.4, -0.2) is 42.8 Å². The zero-order chi connectivity index (χ0) is 13.2. The molecule has 0 N–H and O–H groups in total. The van der Waals surface area contributed by atoms with Crippen LogP contribution in [0, 0.1) is 5.92 Å². The van der Waals surface area contributed by atoms with E-state index >= 15 is 0 Å². The second-order valence-corrected chi connectivity index (χ2v) is 4.68. The van der Waals surface area contributed by atoms with Crippen molar-refractivity contribution in [2.24, 2.45) is 5.92 Å². The van der Waals surface area contributed by atoms with Gasteiger partial charge >= 0.3 is 12.1 Å². The van der Waals surface area contributed by atoms with Gasteiger partial charge < -0.3 is 4.74 Å². The normalized spacial score (nSPS) is 31.3. The minimum atomic E-state index is -4.19. The van der Waals surface area contributed by atoms with E-state index in [1.165, 1.54) is 12.0 Å². The Balaban J connectivity index is 2.65. The van der Waals surface area contributed by atoms with Gasteiger partial charge in [0.1, 0.15) is 0 Å². The first-order chi connectivity index (χ1) is 7.74. The van der Waals surface area contributed by atoms with Crippen molar-refractivity contribution >= 4 is 5.97 Å². The minimum Gasteiger partial charge on any atom is -0.469 e. The molecule has 0 spiro atoms. The molecule has 0 aliphatic carbocycles. The maximum atomic E-state index is 12.4. The molecule has 0 aromatic rings. The van der Waals surface area contributed by atoms with Crippen LogP contribution in [-0.2, 0) is 9.53 Å². The summed E-state index contributed by atoms with van der Waals surface area (Å²) < 4.78 is 41.8. The number of likely N-dealkylation sites (tertiary alicyclic amines) is 1. The van der Waals surface area contributed by atoms with Crippen LogP contribution >= 0.6 is 0 Å². The lowest BCUT2D eigenvalue weighted by Gasteiger charge is -2.41. The molecule has 1 aliphatic heterocycles. The van der Waals surface area contributed by atoms with Gasteiger partial charge in [-0.05, 0) is 26.7 Å². The van der Waals surface area contributed by atoms with Gasteiger partial charge in [-0.3, -0.25) is 9.69 Å². The minimum absolute atomic E-state index is 0.260. The Bertz CT molecular complexity index is 268. The fraction of sp³-hybridized carbons (Fsp3) is 0.909. The first-order valence-electron chi connectivity index (χ1n) is 5.65. The Morgan fingerprint density at radius 3 is 2.12 bits per heavy atom. The van der Waals surface area contributed by atoms with Crippen LogP contribution < -0.4 is 0 Å². The van der Waals surface area contributed by atoms with E-state index in [1.807, 2.05) is 0 Å². The van der Waals surface area contributed by atoms with Gasteiger partial charge in [0.25, 0.3) is 0 Å². The van der Waals surface area contributed by atoms with Crippen molar-refractivity contribution in [2.75, 3.05) is 13.7 Å². The summed E-state index contributed by atoms with van der Waals surface area (Å²) in [5.74, 6) is -0.607. The van der Waals surface area contributed by atoms with Gasteiger partial charge in [0.05, 0.1) is 19.6 Å². The van der Waals surface area contributed by atoms with Crippen molar-refractivity contribution in [2.45, 2.75) is 44.9 Å². The van der Waals surface area contributed by atoms with Gasteiger partial charge in [-0.1, -0.05) is 0 Å². The highest BCUT2D eigenvalue weighted by Gasteiger charge is 2.40. The van der Waals surface area contributed by atoms with E-state index < -0.39 is 12.7 Å². The van der Waals surface area contributed by atoms with E-state index in [0.29, 0.717) is 12.8 Å². The number of hydrogen-bond acceptors (Lipinski definition) is 3. The summed E-state index contributed by atoms with van der Waals surface area (Å²) >= 11 is 0. The average Bonchev–Trinajstić information content (AvgIpc) is 2.20. The first-order valence-corrected chi connectivity index (χ1v) is 5.65. The molecule has 1 fully saturated rings. The SMILES string of the molecule is COC(=O)C1CC(C)N(CC(F)(F)F)C(C)C1. The van der Waals surface area contributed by atoms with E-state index in [9.17, 15) is 18.0 Å². The summed E-state index contributed by atoms with van der Waals surface area (Å²) in [6.07, 6.45) is -3.35. The second kappa shape index (κ2) is 5.25. The van der Waals surface area contributed by atoms with Gasteiger partial charge in [-0.25, -0.2) is 0 Å². The van der Waals surface area contributed by atoms with E-state index in [4.69, 9.17) is 0 Å². The molecule has 1 saturated heterocycles. The van der Waals surface area contributed by atoms with Gasteiger partial charge in [-0.15, -0.1) is 0 Å². The Morgan fingerprint density at radius 2 is 1.76 bits per heavy atom. The molecule has 1 aliphatic rings. The van der Waals surface area contributed by atoms with Crippen LogP contribution in [0.2, 0.25) is 0 Å². The maximum absolute atomic E-state index is 12.4. The van der Waals surface area contributed by atoms with Crippen molar-refractivity contribution in [1.82, 2.24) is 4.90 Å². The molecule has 2 atom stereocenters. The molecule has 0 bridgehead atoms. The molecule has 3 nitrogen and oxygen atoms in total. The zero-order valence-corrected chi connectivity index (χ0v) is 10.3. The molecular formula is C11H18F3NO2. The lowest BCUT2D eigenvalue weighted by atomic mass is 9.87.